The number of hydrogen-bond donors (Lipinski definition) is 1. The van der Waals surface area contributed by atoms with Gasteiger partial charge in [-0.1, -0.05) is 24.9 Å². The molecular weight excluding hydrogens is 418 g/mol. The highest BCUT2D eigenvalue weighted by Crippen LogP contribution is 2.40. The Morgan fingerprint density at radius 2 is 2.03 bits per heavy atom. The third kappa shape index (κ3) is 4.99. The van der Waals surface area contributed by atoms with Crippen LogP contribution < -0.4 is 9.47 Å². The van der Waals surface area contributed by atoms with Crippen LogP contribution in [0.4, 0.5) is 5.69 Å². The number of amides is 1. The van der Waals surface area contributed by atoms with Crippen molar-refractivity contribution >= 4 is 34.1 Å². The summed E-state index contributed by atoms with van der Waals surface area (Å²) in [4.78, 5) is 12.5. The second kappa shape index (κ2) is 9.83. The average Bonchev–Trinajstić information content (AvgIpc) is 3.02. The molecule has 0 aliphatic rings. The lowest BCUT2D eigenvalue weighted by Crippen LogP contribution is -2.21. The minimum atomic E-state index is -0.853. The molecule has 7 nitrogen and oxygen atoms in total. The van der Waals surface area contributed by atoms with Crippen LogP contribution in [0.1, 0.15) is 32.3 Å². The molecule has 0 radical (unpaired) electrons. The number of nitrogens with zero attached hydrogens (tertiary/aromatic N) is 3. The van der Waals surface area contributed by atoms with E-state index in [0.29, 0.717) is 28.5 Å². The Kier molecular flexibility index (Phi) is 7.17. The molecule has 0 aliphatic heterocycles. The largest absolute Gasteiger partial charge is 0.497 e. The minimum Gasteiger partial charge on any atom is -0.497 e. The number of carbonyl (C=O) groups is 1. The lowest BCUT2D eigenvalue weighted by atomic mass is 10.2. The van der Waals surface area contributed by atoms with Crippen molar-refractivity contribution in [1.82, 2.24) is 4.57 Å². The number of ether oxygens (including phenoxy) is 2. The second-order valence-corrected chi connectivity index (χ2v) is 7.71. The average molecular weight is 444 g/mol. The first kappa shape index (κ1) is 22.6. The molecule has 8 heteroatoms. The van der Waals surface area contributed by atoms with E-state index in [1.165, 1.54) is 0 Å². The topological polar surface area (TPSA) is 85.4 Å². The summed E-state index contributed by atoms with van der Waals surface area (Å²) in [6, 6.07) is 10.6. The molecule has 0 aliphatic carbocycles. The van der Waals surface area contributed by atoms with Crippen molar-refractivity contribution in [2.75, 3.05) is 7.11 Å². The number of aryl methyl sites for hydroxylation is 2. The number of aromatic hydroxyl groups is 1. The molecule has 31 heavy (non-hydrogen) atoms. The van der Waals surface area contributed by atoms with Gasteiger partial charge in [0.25, 0.3) is 0 Å². The maximum atomic E-state index is 12.5. The minimum absolute atomic E-state index is 0.0321. The van der Waals surface area contributed by atoms with Crippen LogP contribution in [0.3, 0.4) is 0 Å². The maximum Gasteiger partial charge on any atom is 0.304 e. The van der Waals surface area contributed by atoms with E-state index in [1.807, 2.05) is 19.1 Å². The van der Waals surface area contributed by atoms with Gasteiger partial charge in [0.15, 0.2) is 11.8 Å². The van der Waals surface area contributed by atoms with Crippen LogP contribution in [0.15, 0.2) is 46.6 Å². The SMILES string of the molecule is CCCCn1c(O)c(N=NC(=O)C(C)Oc2ccc(Cl)cc2C)c2cc(OC)ccc21. The molecule has 2 aromatic carbocycles. The Balaban J connectivity index is 1.88. The Bertz CT molecular complexity index is 1120. The second-order valence-electron chi connectivity index (χ2n) is 7.27. The van der Waals surface area contributed by atoms with Crippen LogP contribution >= 0.6 is 11.6 Å². The van der Waals surface area contributed by atoms with Crippen molar-refractivity contribution in [2.24, 2.45) is 10.2 Å². The Morgan fingerprint density at radius 3 is 2.71 bits per heavy atom. The van der Waals surface area contributed by atoms with E-state index in [0.717, 1.165) is 23.9 Å². The number of methoxy groups -OCH3 is 1. The van der Waals surface area contributed by atoms with E-state index >= 15 is 0 Å². The van der Waals surface area contributed by atoms with E-state index in [9.17, 15) is 9.90 Å². The van der Waals surface area contributed by atoms with Gasteiger partial charge in [-0.15, -0.1) is 10.2 Å². The van der Waals surface area contributed by atoms with Gasteiger partial charge in [0.1, 0.15) is 11.5 Å². The molecular formula is C23H26ClN3O4. The van der Waals surface area contributed by atoms with Crippen molar-refractivity contribution in [3.63, 3.8) is 0 Å². The summed E-state index contributed by atoms with van der Waals surface area (Å²) in [5.74, 6) is 0.573. The molecule has 1 unspecified atom stereocenters. The van der Waals surface area contributed by atoms with Crippen molar-refractivity contribution in [3.05, 3.63) is 47.0 Å². The first-order valence-electron chi connectivity index (χ1n) is 10.1. The monoisotopic (exact) mass is 443 g/mol. The zero-order valence-electron chi connectivity index (χ0n) is 18.1. The van der Waals surface area contributed by atoms with Crippen molar-refractivity contribution in [2.45, 2.75) is 46.3 Å². The highest BCUT2D eigenvalue weighted by atomic mass is 35.5. The molecule has 0 saturated carbocycles. The predicted octanol–water partition coefficient (Wildman–Crippen LogP) is 6.20. The van der Waals surface area contributed by atoms with Gasteiger partial charge in [-0.2, -0.15) is 0 Å². The normalized spacial score (nSPS) is 12.4. The molecule has 0 saturated heterocycles. The third-order valence-corrected chi connectivity index (χ3v) is 5.22. The number of unbranched alkanes of at least 4 members (excludes halogenated alkanes) is 1. The molecule has 1 N–H and O–H groups in total. The molecule has 3 aromatic rings. The lowest BCUT2D eigenvalue weighted by molar-refractivity contribution is -0.124. The third-order valence-electron chi connectivity index (χ3n) is 4.99. The van der Waals surface area contributed by atoms with Crippen molar-refractivity contribution < 1.29 is 19.4 Å². The van der Waals surface area contributed by atoms with Gasteiger partial charge in [-0.3, -0.25) is 4.79 Å². The maximum absolute atomic E-state index is 12.5. The Labute approximate surface area is 186 Å². The number of fused-ring (bicyclic) bond motifs is 1. The first-order valence-corrected chi connectivity index (χ1v) is 10.5. The highest BCUT2D eigenvalue weighted by Gasteiger charge is 2.20. The molecule has 1 aromatic heterocycles. The number of halogens is 1. The summed E-state index contributed by atoms with van der Waals surface area (Å²) >= 11 is 5.96. The van der Waals surface area contributed by atoms with Crippen LogP contribution in [-0.4, -0.2) is 28.8 Å². The Hall–Kier alpha value is -3.06. The van der Waals surface area contributed by atoms with Gasteiger partial charge in [0.2, 0.25) is 5.88 Å². The van der Waals surface area contributed by atoms with Gasteiger partial charge in [0, 0.05) is 17.0 Å². The standard InChI is InChI=1S/C23H26ClN3O4/c1-5-6-11-27-19-9-8-17(30-4)13-18(19)21(23(27)29)25-26-22(28)15(3)31-20-10-7-16(24)12-14(20)2/h7-10,12-13,15,29H,5-6,11H2,1-4H3. The number of hydrogen-bond acceptors (Lipinski definition) is 5. The molecule has 1 atom stereocenters. The van der Waals surface area contributed by atoms with Crippen LogP contribution in [0, 0.1) is 6.92 Å². The van der Waals surface area contributed by atoms with Crippen molar-refractivity contribution in [1.29, 1.82) is 0 Å². The molecule has 0 fully saturated rings. The molecule has 0 bridgehead atoms. The summed E-state index contributed by atoms with van der Waals surface area (Å²) in [6.45, 7) is 6.15. The van der Waals surface area contributed by atoms with E-state index in [2.05, 4.69) is 17.2 Å². The van der Waals surface area contributed by atoms with E-state index < -0.39 is 12.0 Å². The van der Waals surface area contributed by atoms with Gasteiger partial charge < -0.3 is 19.1 Å². The smallest absolute Gasteiger partial charge is 0.304 e. The quantitative estimate of drug-likeness (QED) is 0.420. The van der Waals surface area contributed by atoms with Gasteiger partial charge >= 0.3 is 5.91 Å². The predicted molar refractivity (Wildman–Crippen MR) is 121 cm³/mol. The van der Waals surface area contributed by atoms with Gasteiger partial charge in [-0.05, 0) is 62.2 Å². The Morgan fingerprint density at radius 1 is 1.26 bits per heavy atom. The molecule has 1 heterocycles. The lowest BCUT2D eigenvalue weighted by Gasteiger charge is -2.13. The molecule has 0 spiro atoms. The zero-order valence-corrected chi connectivity index (χ0v) is 18.8. The summed E-state index contributed by atoms with van der Waals surface area (Å²) in [7, 11) is 1.57. The van der Waals surface area contributed by atoms with Crippen LogP contribution in [0.2, 0.25) is 5.02 Å². The summed E-state index contributed by atoms with van der Waals surface area (Å²) in [5.41, 5.74) is 1.84. The van der Waals surface area contributed by atoms with Crippen LogP contribution in [0.25, 0.3) is 10.9 Å². The number of aromatic nitrogens is 1. The number of carbonyl (C=O) groups excluding carboxylic acids is 1. The first-order chi connectivity index (χ1) is 14.8. The number of azo groups is 1. The van der Waals surface area contributed by atoms with Gasteiger partial charge in [0.05, 0.1) is 12.6 Å². The fourth-order valence-corrected chi connectivity index (χ4v) is 3.46. The van der Waals surface area contributed by atoms with Crippen LogP contribution in [0.5, 0.6) is 17.4 Å². The zero-order chi connectivity index (χ0) is 22.5. The molecule has 164 valence electrons. The number of rotatable bonds is 8. The highest BCUT2D eigenvalue weighted by molar-refractivity contribution is 6.30. The summed E-state index contributed by atoms with van der Waals surface area (Å²) in [6.07, 6.45) is 1.02. The van der Waals surface area contributed by atoms with E-state index in [4.69, 9.17) is 21.1 Å². The number of benzene rings is 2. The fourth-order valence-electron chi connectivity index (χ4n) is 3.24. The molecule has 1 amide bonds. The van der Waals surface area contributed by atoms with Gasteiger partial charge in [-0.25, -0.2) is 0 Å². The summed E-state index contributed by atoms with van der Waals surface area (Å²) < 4.78 is 12.8. The van der Waals surface area contributed by atoms with E-state index in [-0.39, 0.29) is 11.6 Å². The van der Waals surface area contributed by atoms with Crippen LogP contribution in [-0.2, 0) is 11.3 Å². The van der Waals surface area contributed by atoms with E-state index in [1.54, 1.807) is 42.9 Å². The molecule has 3 rings (SSSR count). The summed E-state index contributed by atoms with van der Waals surface area (Å²) in [5, 5.41) is 19.9. The van der Waals surface area contributed by atoms with Crippen molar-refractivity contribution in [3.8, 4) is 17.4 Å². The fraction of sp³-hybridized carbons (Fsp3) is 0.348.